The van der Waals surface area contributed by atoms with Crippen molar-refractivity contribution in [3.05, 3.63) is 59.7 Å². The summed E-state index contributed by atoms with van der Waals surface area (Å²) in [5, 5.41) is 6.98. The Bertz CT molecular complexity index is 629. The highest BCUT2D eigenvalue weighted by Crippen LogP contribution is 2.21. The Kier molecular flexibility index (Phi) is 4.64. The second-order valence-corrected chi connectivity index (χ2v) is 7.18. The van der Waals surface area contributed by atoms with Gasteiger partial charge in [0.25, 0.3) is 0 Å². The predicted octanol–water partition coefficient (Wildman–Crippen LogP) is 3.68. The molecule has 0 radical (unpaired) electrons. The Hall–Kier alpha value is -2.04. The smallest absolute Gasteiger partial charge is 0.101 e. The van der Waals surface area contributed by atoms with Crippen LogP contribution in [0.4, 0.5) is 11.4 Å². The average Bonchev–Trinajstić information content (AvgIpc) is 3.50. The van der Waals surface area contributed by atoms with E-state index in [2.05, 4.69) is 73.0 Å². The van der Waals surface area contributed by atoms with Crippen LogP contribution in [-0.2, 0) is 15.9 Å². The number of rotatable bonds is 8. The summed E-state index contributed by atoms with van der Waals surface area (Å²) in [6, 6.07) is 18.1. The summed E-state index contributed by atoms with van der Waals surface area (Å²) in [6.45, 7) is 6.09. The molecule has 4 unspecified atom stereocenters. The molecule has 2 aliphatic rings. The minimum atomic E-state index is 0.370. The highest BCUT2D eigenvalue weighted by atomic mass is 16.6. The van der Waals surface area contributed by atoms with Gasteiger partial charge < -0.3 is 20.1 Å². The van der Waals surface area contributed by atoms with Crippen LogP contribution in [0, 0.1) is 0 Å². The molecule has 0 spiro atoms. The second-order valence-electron chi connectivity index (χ2n) is 7.18. The summed E-state index contributed by atoms with van der Waals surface area (Å²) in [6.07, 6.45) is 1.70. The van der Waals surface area contributed by atoms with E-state index < -0.39 is 0 Å². The fourth-order valence-corrected chi connectivity index (χ4v) is 3.07. The monoisotopic (exact) mass is 338 g/mol. The maximum absolute atomic E-state index is 5.32. The maximum Gasteiger partial charge on any atom is 0.101 e. The zero-order valence-corrected chi connectivity index (χ0v) is 14.9. The first kappa shape index (κ1) is 16.4. The van der Waals surface area contributed by atoms with Gasteiger partial charge in [-0.15, -0.1) is 0 Å². The largest absolute Gasteiger partial charge is 0.380 e. The van der Waals surface area contributed by atoms with Crippen molar-refractivity contribution in [1.82, 2.24) is 0 Å². The lowest BCUT2D eigenvalue weighted by Crippen LogP contribution is -2.21. The van der Waals surface area contributed by atoms with Crippen molar-refractivity contribution in [2.75, 3.05) is 23.8 Å². The highest BCUT2D eigenvalue weighted by molar-refractivity contribution is 5.48. The molecule has 2 aliphatic heterocycles. The molecule has 2 heterocycles. The van der Waals surface area contributed by atoms with Crippen LogP contribution in [0.1, 0.15) is 25.0 Å². The van der Waals surface area contributed by atoms with Crippen molar-refractivity contribution >= 4 is 11.4 Å². The van der Waals surface area contributed by atoms with E-state index in [4.69, 9.17) is 9.47 Å². The SMILES string of the molecule is CC(Nc1ccc(Cc2ccc(NC(C)C3CO3)cc2)cc1)C1CO1. The third kappa shape index (κ3) is 4.53. The third-order valence-corrected chi connectivity index (χ3v) is 4.94. The quantitative estimate of drug-likeness (QED) is 0.721. The molecular weight excluding hydrogens is 312 g/mol. The Morgan fingerprint density at radius 2 is 1.12 bits per heavy atom. The van der Waals surface area contributed by atoms with Crippen LogP contribution in [0.2, 0.25) is 0 Å². The van der Waals surface area contributed by atoms with E-state index in [9.17, 15) is 0 Å². The van der Waals surface area contributed by atoms with Gasteiger partial charge in [-0.2, -0.15) is 0 Å². The van der Waals surface area contributed by atoms with Gasteiger partial charge >= 0.3 is 0 Å². The molecule has 4 nitrogen and oxygen atoms in total. The molecule has 0 saturated carbocycles. The number of hydrogen-bond acceptors (Lipinski definition) is 4. The summed E-state index contributed by atoms with van der Waals surface area (Å²) >= 11 is 0. The number of epoxide rings is 2. The molecule has 2 aromatic rings. The Balaban J connectivity index is 1.31. The first-order valence-electron chi connectivity index (χ1n) is 9.11. The number of hydrogen-bond donors (Lipinski definition) is 2. The van der Waals surface area contributed by atoms with Gasteiger partial charge in [0.05, 0.1) is 25.3 Å². The number of ether oxygens (including phenoxy) is 2. The lowest BCUT2D eigenvalue weighted by molar-refractivity contribution is 0.389. The lowest BCUT2D eigenvalue weighted by atomic mass is 10.0. The van der Waals surface area contributed by atoms with Crippen LogP contribution in [0.15, 0.2) is 48.5 Å². The highest BCUT2D eigenvalue weighted by Gasteiger charge is 2.29. The number of nitrogens with one attached hydrogen (secondary N) is 2. The van der Waals surface area contributed by atoms with Gasteiger partial charge in [0, 0.05) is 11.4 Å². The van der Waals surface area contributed by atoms with Crippen LogP contribution in [0.5, 0.6) is 0 Å². The molecular formula is C21H26N2O2. The number of anilines is 2. The summed E-state index contributed by atoms with van der Waals surface area (Å²) in [5.41, 5.74) is 4.95. The molecule has 0 bridgehead atoms. The molecule has 25 heavy (non-hydrogen) atoms. The van der Waals surface area contributed by atoms with Gasteiger partial charge in [0.2, 0.25) is 0 Å². The van der Waals surface area contributed by atoms with Crippen molar-refractivity contribution in [1.29, 1.82) is 0 Å². The average molecular weight is 338 g/mol. The molecule has 2 aromatic carbocycles. The van der Waals surface area contributed by atoms with E-state index in [-0.39, 0.29) is 0 Å². The van der Waals surface area contributed by atoms with Crippen LogP contribution < -0.4 is 10.6 Å². The normalized spacial score (nSPS) is 23.6. The van der Waals surface area contributed by atoms with Crippen molar-refractivity contribution in [2.24, 2.45) is 0 Å². The second kappa shape index (κ2) is 7.06. The minimum absolute atomic E-state index is 0.370. The van der Waals surface area contributed by atoms with Gasteiger partial charge in [-0.25, -0.2) is 0 Å². The van der Waals surface area contributed by atoms with Crippen LogP contribution in [0.25, 0.3) is 0 Å². The Morgan fingerprint density at radius 3 is 1.44 bits per heavy atom. The summed E-state index contributed by atoms with van der Waals surface area (Å²) in [4.78, 5) is 0. The number of benzene rings is 2. The third-order valence-electron chi connectivity index (χ3n) is 4.94. The van der Waals surface area contributed by atoms with E-state index in [1.54, 1.807) is 0 Å². The molecule has 4 heteroatoms. The molecule has 2 N–H and O–H groups in total. The Labute approximate surface area is 149 Å². The Morgan fingerprint density at radius 1 is 0.760 bits per heavy atom. The fraction of sp³-hybridized carbons (Fsp3) is 0.429. The molecule has 132 valence electrons. The zero-order valence-electron chi connectivity index (χ0n) is 14.9. The van der Waals surface area contributed by atoms with Crippen molar-refractivity contribution in [3.8, 4) is 0 Å². The zero-order chi connectivity index (χ0) is 17.2. The van der Waals surface area contributed by atoms with E-state index in [0.29, 0.717) is 24.3 Å². The molecule has 0 aromatic heterocycles. The fourth-order valence-electron chi connectivity index (χ4n) is 3.07. The van der Waals surface area contributed by atoms with Gasteiger partial charge in [-0.05, 0) is 55.7 Å². The predicted molar refractivity (Wildman–Crippen MR) is 101 cm³/mol. The standard InChI is InChI=1S/C21H26N2O2/c1-14(20-12-24-20)22-18-7-3-16(4-8-18)11-17-5-9-19(10-6-17)23-15(2)21-13-25-21/h3-10,14-15,20-23H,11-13H2,1-2H3. The molecule has 0 amide bonds. The van der Waals surface area contributed by atoms with E-state index in [1.165, 1.54) is 11.1 Å². The molecule has 2 fully saturated rings. The minimum Gasteiger partial charge on any atom is -0.380 e. The molecule has 2 saturated heterocycles. The topological polar surface area (TPSA) is 49.1 Å². The van der Waals surface area contributed by atoms with E-state index in [1.807, 2.05) is 0 Å². The summed E-state index contributed by atoms with van der Waals surface area (Å²) in [5.74, 6) is 0. The van der Waals surface area contributed by atoms with Gasteiger partial charge in [-0.1, -0.05) is 24.3 Å². The first-order chi connectivity index (χ1) is 12.2. The summed E-state index contributed by atoms with van der Waals surface area (Å²) < 4.78 is 10.6. The molecule has 4 rings (SSSR count). The van der Waals surface area contributed by atoms with E-state index >= 15 is 0 Å². The maximum atomic E-state index is 5.32. The first-order valence-corrected chi connectivity index (χ1v) is 9.11. The van der Waals surface area contributed by atoms with Crippen molar-refractivity contribution in [3.63, 3.8) is 0 Å². The molecule has 0 aliphatic carbocycles. The van der Waals surface area contributed by atoms with E-state index in [0.717, 1.165) is 31.0 Å². The lowest BCUT2D eigenvalue weighted by Gasteiger charge is -2.14. The van der Waals surface area contributed by atoms with Crippen molar-refractivity contribution in [2.45, 2.75) is 44.6 Å². The van der Waals surface area contributed by atoms with Crippen LogP contribution in [0.3, 0.4) is 0 Å². The van der Waals surface area contributed by atoms with Crippen LogP contribution in [-0.4, -0.2) is 37.5 Å². The van der Waals surface area contributed by atoms with Gasteiger partial charge in [0.15, 0.2) is 0 Å². The molecule has 4 atom stereocenters. The summed E-state index contributed by atoms with van der Waals surface area (Å²) in [7, 11) is 0. The van der Waals surface area contributed by atoms with Gasteiger partial charge in [-0.3, -0.25) is 0 Å². The van der Waals surface area contributed by atoms with Crippen molar-refractivity contribution < 1.29 is 9.47 Å². The van der Waals surface area contributed by atoms with Gasteiger partial charge in [0.1, 0.15) is 12.2 Å². The van der Waals surface area contributed by atoms with Crippen LogP contribution >= 0.6 is 0 Å².